The highest BCUT2D eigenvalue weighted by atomic mass is 16.4. The lowest BCUT2D eigenvalue weighted by molar-refractivity contribution is -0.138. The predicted molar refractivity (Wildman–Crippen MR) is 63.8 cm³/mol. The standard InChI is InChI=1S/C13H17NO2/c1-2-3-8-14-11-7-5-4-6-10(11)9-12(14)13(15)16/h4-7,12H,2-3,8-9H2,1H3,(H,15,16). The van der Waals surface area contributed by atoms with Crippen molar-refractivity contribution in [1.82, 2.24) is 0 Å². The molecule has 0 saturated carbocycles. The van der Waals surface area contributed by atoms with Gasteiger partial charge in [0.2, 0.25) is 0 Å². The molecule has 1 heterocycles. The molecule has 16 heavy (non-hydrogen) atoms. The van der Waals surface area contributed by atoms with E-state index >= 15 is 0 Å². The maximum absolute atomic E-state index is 11.2. The molecule has 3 nitrogen and oxygen atoms in total. The third-order valence-corrected chi connectivity index (χ3v) is 3.13. The lowest BCUT2D eigenvalue weighted by Gasteiger charge is -2.24. The molecular formula is C13H17NO2. The van der Waals surface area contributed by atoms with Gasteiger partial charge in [-0.1, -0.05) is 31.5 Å². The largest absolute Gasteiger partial charge is 0.480 e. The van der Waals surface area contributed by atoms with Gasteiger partial charge >= 0.3 is 5.97 Å². The Morgan fingerprint density at radius 3 is 2.94 bits per heavy atom. The number of carboxylic acids is 1. The molecule has 0 spiro atoms. The first-order valence-corrected chi connectivity index (χ1v) is 5.81. The van der Waals surface area contributed by atoms with Crippen molar-refractivity contribution >= 4 is 11.7 Å². The Morgan fingerprint density at radius 2 is 2.25 bits per heavy atom. The van der Waals surface area contributed by atoms with Crippen LogP contribution in [0, 0.1) is 0 Å². The maximum atomic E-state index is 11.2. The average Bonchev–Trinajstić information content (AvgIpc) is 2.65. The van der Waals surface area contributed by atoms with Crippen molar-refractivity contribution in [3.8, 4) is 0 Å². The molecule has 0 saturated heterocycles. The van der Waals surface area contributed by atoms with Gasteiger partial charge in [0.15, 0.2) is 0 Å². The first kappa shape index (κ1) is 11.0. The molecule has 86 valence electrons. The van der Waals surface area contributed by atoms with Crippen LogP contribution in [0.3, 0.4) is 0 Å². The van der Waals surface area contributed by atoms with E-state index in [-0.39, 0.29) is 6.04 Å². The number of para-hydroxylation sites is 1. The van der Waals surface area contributed by atoms with Crippen molar-refractivity contribution in [1.29, 1.82) is 0 Å². The minimum atomic E-state index is -0.715. The van der Waals surface area contributed by atoms with Gasteiger partial charge in [0.05, 0.1) is 0 Å². The van der Waals surface area contributed by atoms with Crippen LogP contribution in [0.15, 0.2) is 24.3 Å². The Labute approximate surface area is 95.7 Å². The zero-order valence-corrected chi connectivity index (χ0v) is 9.52. The highest BCUT2D eigenvalue weighted by Gasteiger charge is 2.33. The molecule has 1 aromatic rings. The number of unbranched alkanes of at least 4 members (excludes halogenated alkanes) is 1. The number of anilines is 1. The monoisotopic (exact) mass is 219 g/mol. The summed E-state index contributed by atoms with van der Waals surface area (Å²) in [6, 6.07) is 7.62. The van der Waals surface area contributed by atoms with Crippen molar-refractivity contribution in [2.24, 2.45) is 0 Å². The van der Waals surface area contributed by atoms with Crippen LogP contribution in [0.4, 0.5) is 5.69 Å². The van der Waals surface area contributed by atoms with Gasteiger partial charge in [-0.2, -0.15) is 0 Å². The number of carbonyl (C=O) groups is 1. The summed E-state index contributed by atoms with van der Waals surface area (Å²) in [5, 5.41) is 9.21. The van der Waals surface area contributed by atoms with Gasteiger partial charge in [-0.25, -0.2) is 4.79 Å². The molecule has 1 aliphatic heterocycles. The van der Waals surface area contributed by atoms with Crippen molar-refractivity contribution in [3.05, 3.63) is 29.8 Å². The molecule has 2 rings (SSSR count). The van der Waals surface area contributed by atoms with E-state index in [0.29, 0.717) is 6.42 Å². The fourth-order valence-corrected chi connectivity index (χ4v) is 2.28. The Hall–Kier alpha value is -1.51. The number of hydrogen-bond acceptors (Lipinski definition) is 2. The van der Waals surface area contributed by atoms with E-state index in [1.165, 1.54) is 0 Å². The first-order chi connectivity index (χ1) is 7.74. The zero-order valence-electron chi connectivity index (χ0n) is 9.52. The quantitative estimate of drug-likeness (QED) is 0.844. The molecule has 1 atom stereocenters. The number of fused-ring (bicyclic) bond motifs is 1. The molecule has 1 unspecified atom stereocenters. The van der Waals surface area contributed by atoms with Crippen LogP contribution in [-0.2, 0) is 11.2 Å². The molecule has 1 aromatic carbocycles. The van der Waals surface area contributed by atoms with E-state index in [9.17, 15) is 9.90 Å². The third-order valence-electron chi connectivity index (χ3n) is 3.13. The van der Waals surface area contributed by atoms with Crippen LogP contribution in [0.2, 0.25) is 0 Å². The lowest BCUT2D eigenvalue weighted by Crippen LogP contribution is -2.39. The number of nitrogens with zero attached hydrogens (tertiary/aromatic N) is 1. The van der Waals surface area contributed by atoms with E-state index in [0.717, 1.165) is 30.6 Å². The van der Waals surface area contributed by atoms with Gasteiger partial charge in [0, 0.05) is 18.7 Å². The van der Waals surface area contributed by atoms with Gasteiger partial charge < -0.3 is 10.0 Å². The Kier molecular flexibility index (Phi) is 3.13. The molecule has 0 bridgehead atoms. The lowest BCUT2D eigenvalue weighted by atomic mass is 10.1. The van der Waals surface area contributed by atoms with E-state index in [1.807, 2.05) is 29.2 Å². The summed E-state index contributed by atoms with van der Waals surface area (Å²) in [5.41, 5.74) is 2.26. The molecule has 3 heteroatoms. The van der Waals surface area contributed by atoms with E-state index in [2.05, 4.69) is 6.92 Å². The van der Waals surface area contributed by atoms with Gasteiger partial charge in [-0.05, 0) is 18.1 Å². The van der Waals surface area contributed by atoms with Crippen molar-refractivity contribution in [2.45, 2.75) is 32.2 Å². The van der Waals surface area contributed by atoms with Crippen LogP contribution >= 0.6 is 0 Å². The molecule has 0 radical (unpaired) electrons. The van der Waals surface area contributed by atoms with Gasteiger partial charge in [0.25, 0.3) is 0 Å². The van der Waals surface area contributed by atoms with Crippen molar-refractivity contribution in [2.75, 3.05) is 11.4 Å². The molecule has 0 fully saturated rings. The second-order valence-corrected chi connectivity index (χ2v) is 4.23. The van der Waals surface area contributed by atoms with Gasteiger partial charge in [-0.15, -0.1) is 0 Å². The van der Waals surface area contributed by atoms with Crippen LogP contribution in [0.5, 0.6) is 0 Å². The van der Waals surface area contributed by atoms with Crippen LogP contribution in [-0.4, -0.2) is 23.7 Å². The summed E-state index contributed by atoms with van der Waals surface area (Å²) >= 11 is 0. The predicted octanol–water partition coefficient (Wildman–Crippen LogP) is 2.30. The molecule has 1 aliphatic rings. The van der Waals surface area contributed by atoms with Crippen molar-refractivity contribution in [3.63, 3.8) is 0 Å². The summed E-state index contributed by atoms with van der Waals surface area (Å²) in [5.74, 6) is -0.715. The van der Waals surface area contributed by atoms with Gasteiger partial charge in [0.1, 0.15) is 6.04 Å². The zero-order chi connectivity index (χ0) is 11.5. The molecule has 0 aromatic heterocycles. The molecular weight excluding hydrogens is 202 g/mol. The third kappa shape index (κ3) is 1.90. The molecule has 0 amide bonds. The highest BCUT2D eigenvalue weighted by molar-refractivity contribution is 5.82. The summed E-state index contributed by atoms with van der Waals surface area (Å²) in [6.45, 7) is 2.96. The number of hydrogen-bond donors (Lipinski definition) is 1. The highest BCUT2D eigenvalue weighted by Crippen LogP contribution is 2.32. The van der Waals surface area contributed by atoms with E-state index in [1.54, 1.807) is 0 Å². The van der Waals surface area contributed by atoms with Crippen molar-refractivity contribution < 1.29 is 9.90 Å². The summed E-state index contributed by atoms with van der Waals surface area (Å²) in [6.07, 6.45) is 2.76. The topological polar surface area (TPSA) is 40.5 Å². The summed E-state index contributed by atoms with van der Waals surface area (Å²) in [7, 11) is 0. The normalized spacial score (nSPS) is 18.6. The molecule has 1 N–H and O–H groups in total. The number of aliphatic carboxylic acids is 1. The maximum Gasteiger partial charge on any atom is 0.326 e. The number of rotatable bonds is 4. The number of carboxylic acid groups (broad SMARTS) is 1. The van der Waals surface area contributed by atoms with Crippen LogP contribution in [0.1, 0.15) is 25.3 Å². The summed E-state index contributed by atoms with van der Waals surface area (Å²) < 4.78 is 0. The Balaban J connectivity index is 2.25. The second kappa shape index (κ2) is 4.56. The average molecular weight is 219 g/mol. The fourth-order valence-electron chi connectivity index (χ4n) is 2.28. The Morgan fingerprint density at radius 1 is 1.50 bits per heavy atom. The smallest absolute Gasteiger partial charge is 0.326 e. The SMILES string of the molecule is CCCCN1c2ccccc2CC1C(=O)O. The molecule has 0 aliphatic carbocycles. The van der Waals surface area contributed by atoms with E-state index in [4.69, 9.17) is 0 Å². The van der Waals surface area contributed by atoms with E-state index < -0.39 is 5.97 Å². The van der Waals surface area contributed by atoms with Crippen LogP contribution < -0.4 is 4.90 Å². The minimum Gasteiger partial charge on any atom is -0.480 e. The summed E-state index contributed by atoms with van der Waals surface area (Å²) in [4.78, 5) is 13.2. The van der Waals surface area contributed by atoms with Gasteiger partial charge in [-0.3, -0.25) is 0 Å². The van der Waals surface area contributed by atoms with Crippen LogP contribution in [0.25, 0.3) is 0 Å². The number of benzene rings is 1. The second-order valence-electron chi connectivity index (χ2n) is 4.23. The fraction of sp³-hybridized carbons (Fsp3) is 0.462. The first-order valence-electron chi connectivity index (χ1n) is 5.81. The Bertz CT molecular complexity index is 389. The minimum absolute atomic E-state index is 0.371.